The van der Waals surface area contributed by atoms with E-state index < -0.39 is 5.97 Å². The van der Waals surface area contributed by atoms with E-state index in [9.17, 15) is 9.90 Å². The van der Waals surface area contributed by atoms with Crippen LogP contribution in [0.25, 0.3) is 5.78 Å². The monoisotopic (exact) mass is 275 g/mol. The van der Waals surface area contributed by atoms with Crippen LogP contribution in [-0.2, 0) is 11.2 Å². The highest BCUT2D eigenvalue weighted by Gasteiger charge is 2.27. The topological polar surface area (TPSA) is 83.6 Å². The second-order valence-electron chi connectivity index (χ2n) is 5.05. The van der Waals surface area contributed by atoms with E-state index in [-0.39, 0.29) is 5.92 Å². The van der Waals surface area contributed by atoms with Gasteiger partial charge < -0.3 is 10.0 Å². The van der Waals surface area contributed by atoms with Gasteiger partial charge in [0.05, 0.1) is 5.92 Å². The lowest BCUT2D eigenvalue weighted by Crippen LogP contribution is -2.39. The Morgan fingerprint density at radius 2 is 2.40 bits per heavy atom. The maximum absolute atomic E-state index is 11.2. The number of aryl methyl sites for hydroxylation is 1. The van der Waals surface area contributed by atoms with Gasteiger partial charge in [-0.05, 0) is 19.3 Å². The smallest absolute Gasteiger partial charge is 0.308 e. The fourth-order valence-corrected chi connectivity index (χ4v) is 2.64. The van der Waals surface area contributed by atoms with Crippen LogP contribution in [0.1, 0.15) is 25.5 Å². The molecule has 0 spiro atoms. The van der Waals surface area contributed by atoms with Gasteiger partial charge in [-0.25, -0.2) is 4.98 Å². The molecule has 0 aromatic carbocycles. The number of hydrogen-bond donors (Lipinski definition) is 1. The van der Waals surface area contributed by atoms with Crippen LogP contribution in [0, 0.1) is 5.92 Å². The van der Waals surface area contributed by atoms with Crippen LogP contribution in [0.5, 0.6) is 0 Å². The SMILES string of the molecule is CCc1cc(N2CCCC(C(=O)O)C2)n2ncnc2n1. The Morgan fingerprint density at radius 1 is 1.55 bits per heavy atom. The van der Waals surface area contributed by atoms with Gasteiger partial charge in [0, 0.05) is 24.8 Å². The van der Waals surface area contributed by atoms with Crippen molar-refractivity contribution in [3.05, 3.63) is 18.1 Å². The van der Waals surface area contributed by atoms with E-state index in [4.69, 9.17) is 0 Å². The summed E-state index contributed by atoms with van der Waals surface area (Å²) in [5.74, 6) is 0.405. The molecule has 1 N–H and O–H groups in total. The zero-order valence-electron chi connectivity index (χ0n) is 11.4. The molecule has 0 amide bonds. The number of hydrogen-bond acceptors (Lipinski definition) is 5. The van der Waals surface area contributed by atoms with Crippen molar-refractivity contribution in [3.63, 3.8) is 0 Å². The first-order valence-corrected chi connectivity index (χ1v) is 6.86. The first-order valence-electron chi connectivity index (χ1n) is 6.86. The summed E-state index contributed by atoms with van der Waals surface area (Å²) >= 11 is 0. The first kappa shape index (κ1) is 12.8. The number of aliphatic carboxylic acids is 1. The van der Waals surface area contributed by atoms with Crippen molar-refractivity contribution in [2.45, 2.75) is 26.2 Å². The number of piperidine rings is 1. The first-order chi connectivity index (χ1) is 9.69. The second kappa shape index (κ2) is 5.07. The van der Waals surface area contributed by atoms with Crippen LogP contribution in [0.2, 0.25) is 0 Å². The molecule has 1 saturated heterocycles. The molecule has 3 heterocycles. The van der Waals surface area contributed by atoms with Gasteiger partial charge in [-0.3, -0.25) is 4.79 Å². The van der Waals surface area contributed by atoms with E-state index in [2.05, 4.69) is 20.0 Å². The Kier molecular flexibility index (Phi) is 3.25. The molecule has 0 radical (unpaired) electrons. The van der Waals surface area contributed by atoms with E-state index in [0.717, 1.165) is 37.3 Å². The number of aromatic nitrogens is 4. The van der Waals surface area contributed by atoms with Crippen molar-refractivity contribution in [3.8, 4) is 0 Å². The highest BCUT2D eigenvalue weighted by atomic mass is 16.4. The molecule has 2 aromatic heterocycles. The summed E-state index contributed by atoms with van der Waals surface area (Å²) in [7, 11) is 0. The zero-order chi connectivity index (χ0) is 14.1. The minimum Gasteiger partial charge on any atom is -0.481 e. The van der Waals surface area contributed by atoms with Crippen LogP contribution in [-0.4, -0.2) is 43.7 Å². The third-order valence-electron chi connectivity index (χ3n) is 3.74. The van der Waals surface area contributed by atoms with Gasteiger partial charge in [-0.1, -0.05) is 6.92 Å². The minimum absolute atomic E-state index is 0.319. The molecule has 1 atom stereocenters. The predicted octanol–water partition coefficient (Wildman–Crippen LogP) is 0.988. The summed E-state index contributed by atoms with van der Waals surface area (Å²) in [5, 5.41) is 13.4. The molecule has 1 unspecified atom stereocenters. The number of rotatable bonds is 3. The Bertz CT molecular complexity index is 639. The number of fused-ring (bicyclic) bond motifs is 1. The lowest BCUT2D eigenvalue weighted by molar-refractivity contribution is -0.141. The third-order valence-corrected chi connectivity index (χ3v) is 3.74. The molecule has 106 valence electrons. The number of carboxylic acids is 1. The number of carboxylic acid groups (broad SMARTS) is 1. The molecule has 1 aliphatic rings. The Morgan fingerprint density at radius 3 is 3.15 bits per heavy atom. The molecule has 1 aliphatic heterocycles. The van der Waals surface area contributed by atoms with Gasteiger partial charge in [0.25, 0.3) is 5.78 Å². The summed E-state index contributed by atoms with van der Waals surface area (Å²) in [4.78, 5) is 21.8. The van der Waals surface area contributed by atoms with E-state index in [0.29, 0.717) is 12.3 Å². The normalized spacial score (nSPS) is 19.4. The highest BCUT2D eigenvalue weighted by Crippen LogP contribution is 2.24. The van der Waals surface area contributed by atoms with Gasteiger partial charge >= 0.3 is 5.97 Å². The van der Waals surface area contributed by atoms with Crippen molar-refractivity contribution in [1.29, 1.82) is 0 Å². The fraction of sp³-hybridized carbons (Fsp3) is 0.538. The van der Waals surface area contributed by atoms with E-state index in [1.54, 1.807) is 4.52 Å². The zero-order valence-corrected chi connectivity index (χ0v) is 11.4. The van der Waals surface area contributed by atoms with Crippen molar-refractivity contribution in [2.75, 3.05) is 18.0 Å². The Balaban J connectivity index is 2.00. The largest absolute Gasteiger partial charge is 0.481 e. The Labute approximate surface area is 116 Å². The minimum atomic E-state index is -0.727. The number of nitrogens with zero attached hydrogens (tertiary/aromatic N) is 5. The average Bonchev–Trinajstić information content (AvgIpc) is 2.94. The van der Waals surface area contributed by atoms with Gasteiger partial charge in [0.1, 0.15) is 12.1 Å². The Hall–Kier alpha value is -2.18. The maximum Gasteiger partial charge on any atom is 0.308 e. The van der Waals surface area contributed by atoms with E-state index in [1.165, 1.54) is 6.33 Å². The molecular formula is C13H17N5O2. The van der Waals surface area contributed by atoms with Gasteiger partial charge in [-0.15, -0.1) is 0 Å². The van der Waals surface area contributed by atoms with Crippen molar-refractivity contribution >= 4 is 17.6 Å². The molecule has 0 saturated carbocycles. The molecule has 7 heteroatoms. The molecule has 2 aromatic rings. The van der Waals surface area contributed by atoms with E-state index in [1.807, 2.05) is 13.0 Å². The maximum atomic E-state index is 11.2. The number of anilines is 1. The summed E-state index contributed by atoms with van der Waals surface area (Å²) in [6, 6.07) is 1.98. The molecule has 20 heavy (non-hydrogen) atoms. The molecule has 3 rings (SSSR count). The van der Waals surface area contributed by atoms with Gasteiger partial charge in [0.2, 0.25) is 0 Å². The quantitative estimate of drug-likeness (QED) is 0.899. The molecular weight excluding hydrogens is 258 g/mol. The molecule has 7 nitrogen and oxygen atoms in total. The van der Waals surface area contributed by atoms with Crippen LogP contribution in [0.15, 0.2) is 12.4 Å². The molecule has 0 aliphatic carbocycles. The third kappa shape index (κ3) is 2.19. The van der Waals surface area contributed by atoms with Crippen LogP contribution >= 0.6 is 0 Å². The summed E-state index contributed by atoms with van der Waals surface area (Å²) in [5.41, 5.74) is 0.943. The van der Waals surface area contributed by atoms with Crippen LogP contribution in [0.4, 0.5) is 5.82 Å². The second-order valence-corrected chi connectivity index (χ2v) is 5.05. The molecule has 1 fully saturated rings. The summed E-state index contributed by atoms with van der Waals surface area (Å²) in [6.07, 6.45) is 3.89. The fourth-order valence-electron chi connectivity index (χ4n) is 2.64. The van der Waals surface area contributed by atoms with Crippen LogP contribution in [0.3, 0.4) is 0 Å². The summed E-state index contributed by atoms with van der Waals surface area (Å²) < 4.78 is 1.68. The van der Waals surface area contributed by atoms with Gasteiger partial charge in [-0.2, -0.15) is 14.6 Å². The standard InChI is InChI=1S/C13H17N5O2/c1-2-10-6-11(18-13(16-10)14-8-15-18)17-5-3-4-9(7-17)12(19)20/h6,8-9H,2-5,7H2,1H3,(H,19,20). The van der Waals surface area contributed by atoms with E-state index >= 15 is 0 Å². The highest BCUT2D eigenvalue weighted by molar-refractivity contribution is 5.71. The van der Waals surface area contributed by atoms with Crippen molar-refractivity contribution in [1.82, 2.24) is 19.6 Å². The average molecular weight is 275 g/mol. The number of carbonyl (C=O) groups is 1. The van der Waals surface area contributed by atoms with Gasteiger partial charge in [0.15, 0.2) is 0 Å². The van der Waals surface area contributed by atoms with Crippen molar-refractivity contribution < 1.29 is 9.90 Å². The van der Waals surface area contributed by atoms with Crippen LogP contribution < -0.4 is 4.90 Å². The predicted molar refractivity (Wildman–Crippen MR) is 72.7 cm³/mol. The lowest BCUT2D eigenvalue weighted by Gasteiger charge is -2.32. The molecule has 0 bridgehead atoms. The van der Waals surface area contributed by atoms with Crippen molar-refractivity contribution in [2.24, 2.45) is 5.92 Å². The lowest BCUT2D eigenvalue weighted by atomic mass is 9.98. The summed E-state index contributed by atoms with van der Waals surface area (Å²) in [6.45, 7) is 3.39.